The normalized spacial score (nSPS) is 11.8. The molecule has 0 unspecified atom stereocenters. The number of benzene rings is 2. The first-order valence-electron chi connectivity index (χ1n) is 7.98. The summed E-state index contributed by atoms with van der Waals surface area (Å²) in [6.07, 6.45) is -4.46. The minimum absolute atomic E-state index is 0.160. The lowest BCUT2D eigenvalue weighted by molar-refractivity contribution is -0.137. The Labute approximate surface area is 159 Å². The second-order valence-corrected chi connectivity index (χ2v) is 6.93. The molecule has 0 saturated carbocycles. The van der Waals surface area contributed by atoms with Crippen LogP contribution >= 0.6 is 11.6 Å². The molecule has 0 fully saturated rings. The molecule has 27 heavy (non-hydrogen) atoms. The van der Waals surface area contributed by atoms with Crippen LogP contribution in [0, 0.1) is 12.3 Å². The smallest absolute Gasteiger partial charge is 0.325 e. The van der Waals surface area contributed by atoms with Crippen molar-refractivity contribution in [3.63, 3.8) is 0 Å². The van der Waals surface area contributed by atoms with Gasteiger partial charge in [0.15, 0.2) is 0 Å². The monoisotopic (exact) mass is 398 g/mol. The molecule has 2 aromatic carbocycles. The summed E-state index contributed by atoms with van der Waals surface area (Å²) in [5, 5.41) is 5.59. The standard InChI is InChI=1S/C19H18ClF3N2O2/c1-11-14(20)5-4-6-15(11)25-17(27)18(2,3)16(26)24-13-9-7-12(8-10-13)19(21,22)23/h4-10H,1-3H3,(H,24,26)(H,25,27). The van der Waals surface area contributed by atoms with Crippen LogP contribution in [0.2, 0.25) is 5.02 Å². The third-order valence-electron chi connectivity index (χ3n) is 4.12. The molecule has 0 aliphatic heterocycles. The van der Waals surface area contributed by atoms with E-state index in [0.29, 0.717) is 16.3 Å². The number of amides is 2. The maximum atomic E-state index is 12.6. The predicted octanol–water partition coefficient (Wildman–Crippen LogP) is 5.27. The maximum absolute atomic E-state index is 12.6. The van der Waals surface area contributed by atoms with Crippen molar-refractivity contribution in [3.8, 4) is 0 Å². The van der Waals surface area contributed by atoms with Crippen LogP contribution in [0.3, 0.4) is 0 Å². The Morgan fingerprint density at radius 1 is 0.926 bits per heavy atom. The molecule has 0 heterocycles. The van der Waals surface area contributed by atoms with Crippen molar-refractivity contribution in [2.75, 3.05) is 10.6 Å². The van der Waals surface area contributed by atoms with E-state index in [1.165, 1.54) is 13.8 Å². The van der Waals surface area contributed by atoms with E-state index in [-0.39, 0.29) is 5.69 Å². The Morgan fingerprint density at radius 2 is 1.48 bits per heavy atom. The van der Waals surface area contributed by atoms with Crippen LogP contribution < -0.4 is 10.6 Å². The molecule has 0 spiro atoms. The molecule has 4 nitrogen and oxygen atoms in total. The molecule has 0 atom stereocenters. The lowest BCUT2D eigenvalue weighted by Gasteiger charge is -2.23. The number of alkyl halides is 3. The van der Waals surface area contributed by atoms with Gasteiger partial charge in [-0.3, -0.25) is 9.59 Å². The molecular formula is C19H18ClF3N2O2. The van der Waals surface area contributed by atoms with Crippen molar-refractivity contribution < 1.29 is 22.8 Å². The van der Waals surface area contributed by atoms with Crippen LogP contribution in [-0.4, -0.2) is 11.8 Å². The first-order valence-corrected chi connectivity index (χ1v) is 8.36. The fraction of sp³-hybridized carbons (Fsp3) is 0.263. The highest BCUT2D eigenvalue weighted by molar-refractivity contribution is 6.31. The van der Waals surface area contributed by atoms with Gasteiger partial charge in [0.25, 0.3) is 0 Å². The fourth-order valence-corrected chi connectivity index (χ4v) is 2.33. The number of rotatable bonds is 4. The second-order valence-electron chi connectivity index (χ2n) is 6.52. The Morgan fingerprint density at radius 3 is 2.04 bits per heavy atom. The number of carbonyl (C=O) groups excluding carboxylic acids is 2. The van der Waals surface area contributed by atoms with Crippen molar-refractivity contribution in [1.82, 2.24) is 0 Å². The fourth-order valence-electron chi connectivity index (χ4n) is 2.15. The molecule has 2 N–H and O–H groups in total. The molecule has 144 valence electrons. The van der Waals surface area contributed by atoms with E-state index in [0.717, 1.165) is 24.3 Å². The SMILES string of the molecule is Cc1c(Cl)cccc1NC(=O)C(C)(C)C(=O)Nc1ccc(C(F)(F)F)cc1. The highest BCUT2D eigenvalue weighted by Crippen LogP contribution is 2.30. The third-order valence-corrected chi connectivity index (χ3v) is 4.53. The Bertz CT molecular complexity index is 862. The van der Waals surface area contributed by atoms with E-state index in [1.54, 1.807) is 25.1 Å². The summed E-state index contributed by atoms with van der Waals surface area (Å²) >= 11 is 6.02. The topological polar surface area (TPSA) is 58.2 Å². The van der Waals surface area contributed by atoms with Gasteiger partial charge in [0.2, 0.25) is 11.8 Å². The molecule has 0 aromatic heterocycles. The minimum atomic E-state index is -4.46. The van der Waals surface area contributed by atoms with Crippen LogP contribution in [0.4, 0.5) is 24.5 Å². The average molecular weight is 399 g/mol. The zero-order valence-electron chi connectivity index (χ0n) is 14.9. The first-order chi connectivity index (χ1) is 12.4. The lowest BCUT2D eigenvalue weighted by atomic mass is 9.90. The Hall–Kier alpha value is -2.54. The molecule has 0 aliphatic carbocycles. The van der Waals surface area contributed by atoms with Gasteiger partial charge < -0.3 is 10.6 Å². The van der Waals surface area contributed by atoms with Gasteiger partial charge in [-0.25, -0.2) is 0 Å². The molecule has 0 saturated heterocycles. The van der Waals surface area contributed by atoms with Gasteiger partial charge in [0.1, 0.15) is 5.41 Å². The zero-order chi connectivity index (χ0) is 20.4. The van der Waals surface area contributed by atoms with Gasteiger partial charge in [-0.15, -0.1) is 0 Å². The molecular weight excluding hydrogens is 381 g/mol. The highest BCUT2D eigenvalue weighted by Gasteiger charge is 2.36. The quantitative estimate of drug-likeness (QED) is 0.689. The van der Waals surface area contributed by atoms with Crippen molar-refractivity contribution in [2.24, 2.45) is 5.41 Å². The summed E-state index contributed by atoms with van der Waals surface area (Å²) in [7, 11) is 0. The van der Waals surface area contributed by atoms with Crippen LogP contribution in [0.15, 0.2) is 42.5 Å². The summed E-state index contributed by atoms with van der Waals surface area (Å²) in [4.78, 5) is 25.0. The predicted molar refractivity (Wildman–Crippen MR) is 98.7 cm³/mol. The second kappa shape index (κ2) is 7.60. The molecule has 8 heteroatoms. The highest BCUT2D eigenvalue weighted by atomic mass is 35.5. The van der Waals surface area contributed by atoms with Crippen molar-refractivity contribution in [2.45, 2.75) is 26.9 Å². The van der Waals surface area contributed by atoms with Crippen molar-refractivity contribution >= 4 is 34.8 Å². The minimum Gasteiger partial charge on any atom is -0.325 e. The molecule has 2 amide bonds. The maximum Gasteiger partial charge on any atom is 0.416 e. The molecule has 2 aromatic rings. The van der Waals surface area contributed by atoms with Gasteiger partial charge in [0, 0.05) is 16.4 Å². The van der Waals surface area contributed by atoms with E-state index >= 15 is 0 Å². The number of hydrogen-bond donors (Lipinski definition) is 2. The van der Waals surface area contributed by atoms with Crippen LogP contribution in [0.25, 0.3) is 0 Å². The van der Waals surface area contributed by atoms with E-state index in [1.807, 2.05) is 0 Å². The van der Waals surface area contributed by atoms with Gasteiger partial charge in [-0.1, -0.05) is 17.7 Å². The largest absolute Gasteiger partial charge is 0.416 e. The summed E-state index contributed by atoms with van der Waals surface area (Å²) in [6, 6.07) is 8.99. The van der Waals surface area contributed by atoms with E-state index in [4.69, 9.17) is 11.6 Å². The average Bonchev–Trinajstić information content (AvgIpc) is 2.58. The summed E-state index contributed by atoms with van der Waals surface area (Å²) in [5.74, 6) is -1.23. The van der Waals surface area contributed by atoms with E-state index < -0.39 is 29.0 Å². The van der Waals surface area contributed by atoms with Crippen molar-refractivity contribution in [3.05, 3.63) is 58.6 Å². The summed E-state index contributed by atoms with van der Waals surface area (Å²) < 4.78 is 37.8. The zero-order valence-corrected chi connectivity index (χ0v) is 15.6. The third kappa shape index (κ3) is 4.80. The van der Waals surface area contributed by atoms with Gasteiger partial charge in [-0.05, 0) is 62.7 Å². The lowest BCUT2D eigenvalue weighted by Crippen LogP contribution is -2.41. The van der Waals surface area contributed by atoms with Gasteiger partial charge >= 0.3 is 6.18 Å². The number of hydrogen-bond acceptors (Lipinski definition) is 2. The first kappa shape index (κ1) is 20.8. The van der Waals surface area contributed by atoms with E-state index in [9.17, 15) is 22.8 Å². The number of halogens is 4. The number of nitrogens with one attached hydrogen (secondary N) is 2. The van der Waals surface area contributed by atoms with Crippen LogP contribution in [0.5, 0.6) is 0 Å². The summed E-state index contributed by atoms with van der Waals surface area (Å²) in [5.41, 5.74) is -1.01. The molecule has 0 aliphatic rings. The van der Waals surface area contributed by atoms with Gasteiger partial charge in [0.05, 0.1) is 5.56 Å². The van der Waals surface area contributed by atoms with Crippen molar-refractivity contribution in [1.29, 1.82) is 0 Å². The molecule has 0 bridgehead atoms. The number of carbonyl (C=O) groups is 2. The number of anilines is 2. The molecule has 2 rings (SSSR count). The van der Waals surface area contributed by atoms with E-state index in [2.05, 4.69) is 10.6 Å². The van der Waals surface area contributed by atoms with Gasteiger partial charge in [-0.2, -0.15) is 13.2 Å². The Balaban J connectivity index is 2.12. The van der Waals surface area contributed by atoms with Crippen LogP contribution in [0.1, 0.15) is 25.0 Å². The summed E-state index contributed by atoms with van der Waals surface area (Å²) in [6.45, 7) is 4.57. The van der Waals surface area contributed by atoms with Crippen LogP contribution in [-0.2, 0) is 15.8 Å². The molecule has 0 radical (unpaired) electrons. The Kier molecular flexibility index (Phi) is 5.85.